The summed E-state index contributed by atoms with van der Waals surface area (Å²) in [4.78, 5) is 16.0. The van der Waals surface area contributed by atoms with E-state index in [0.717, 1.165) is 18.4 Å². The van der Waals surface area contributed by atoms with Crippen LogP contribution in [0.5, 0.6) is 0 Å². The molecule has 0 radical (unpaired) electrons. The van der Waals surface area contributed by atoms with Gasteiger partial charge in [0.05, 0.1) is 11.8 Å². The van der Waals surface area contributed by atoms with Gasteiger partial charge in [0.2, 0.25) is 0 Å². The van der Waals surface area contributed by atoms with Gasteiger partial charge in [-0.3, -0.25) is 4.98 Å². The highest BCUT2D eigenvalue weighted by Crippen LogP contribution is 2.35. The van der Waals surface area contributed by atoms with Crippen LogP contribution >= 0.6 is 0 Å². The molecule has 136 valence electrons. The summed E-state index contributed by atoms with van der Waals surface area (Å²) in [6.07, 6.45) is 3.42. The van der Waals surface area contributed by atoms with E-state index in [9.17, 15) is 9.90 Å². The van der Waals surface area contributed by atoms with Crippen molar-refractivity contribution in [1.29, 1.82) is 0 Å². The number of aliphatic hydroxyl groups excluding tert-OH is 1. The Kier molecular flexibility index (Phi) is 7.21. The second-order valence-electron chi connectivity index (χ2n) is 7.68. The van der Waals surface area contributed by atoms with E-state index in [1.165, 1.54) is 0 Å². The normalized spacial score (nSPS) is 13.5. The lowest BCUT2D eigenvalue weighted by molar-refractivity contribution is 0.0523. The maximum absolute atomic E-state index is 11.6. The van der Waals surface area contributed by atoms with Gasteiger partial charge < -0.3 is 15.2 Å². The third-order valence-corrected chi connectivity index (χ3v) is 4.42. The van der Waals surface area contributed by atoms with Crippen molar-refractivity contribution in [2.24, 2.45) is 5.41 Å². The molecule has 1 aromatic heterocycles. The molecular weight excluding hydrogens is 304 g/mol. The fraction of sp³-hybridized carbons (Fsp3) is 0.684. The molecule has 1 rings (SSSR count). The highest BCUT2D eigenvalue weighted by atomic mass is 16.6. The van der Waals surface area contributed by atoms with E-state index in [4.69, 9.17) is 4.74 Å². The predicted octanol–water partition coefficient (Wildman–Crippen LogP) is 4.36. The molecule has 0 aromatic carbocycles. The first kappa shape index (κ1) is 20.4. The predicted molar refractivity (Wildman–Crippen MR) is 95.6 cm³/mol. The Hall–Kier alpha value is -1.62. The zero-order valence-electron chi connectivity index (χ0n) is 15.8. The molecular formula is C19H32N2O3. The summed E-state index contributed by atoms with van der Waals surface area (Å²) in [5.74, 6) is 0. The number of nitrogens with zero attached hydrogens (tertiary/aromatic N) is 1. The average Bonchev–Trinajstić information content (AvgIpc) is 2.51. The molecule has 1 heterocycles. The third-order valence-electron chi connectivity index (χ3n) is 4.42. The number of ether oxygens (including phenoxy) is 1. The van der Waals surface area contributed by atoms with E-state index in [1.54, 1.807) is 6.20 Å². The van der Waals surface area contributed by atoms with Crippen LogP contribution in [0.3, 0.4) is 0 Å². The van der Waals surface area contributed by atoms with Gasteiger partial charge in [-0.05, 0) is 44.2 Å². The Balaban J connectivity index is 2.58. The summed E-state index contributed by atoms with van der Waals surface area (Å²) in [6, 6.07) is 3.70. The molecule has 1 aromatic rings. The van der Waals surface area contributed by atoms with Crippen LogP contribution in [0.1, 0.15) is 78.2 Å². The van der Waals surface area contributed by atoms with Crippen LogP contribution in [-0.4, -0.2) is 21.8 Å². The summed E-state index contributed by atoms with van der Waals surface area (Å²) in [5.41, 5.74) is 1.15. The topological polar surface area (TPSA) is 71.5 Å². The number of carbonyl (C=O) groups is 1. The number of alkyl carbamates (subject to hydrolysis) is 1. The summed E-state index contributed by atoms with van der Waals surface area (Å²) in [6.45, 7) is 12.3. The maximum Gasteiger partial charge on any atom is 0.407 e. The first-order chi connectivity index (χ1) is 11.1. The molecule has 0 aliphatic carbocycles. The van der Waals surface area contributed by atoms with Gasteiger partial charge in [-0.15, -0.1) is 0 Å². The Morgan fingerprint density at radius 3 is 2.33 bits per heavy atom. The Bertz CT molecular complexity index is 516. The van der Waals surface area contributed by atoms with E-state index in [2.05, 4.69) is 31.1 Å². The monoisotopic (exact) mass is 336 g/mol. The third kappa shape index (κ3) is 6.87. The van der Waals surface area contributed by atoms with Crippen molar-refractivity contribution in [3.8, 4) is 0 Å². The molecule has 2 N–H and O–H groups in total. The second kappa shape index (κ2) is 8.47. The quantitative estimate of drug-likeness (QED) is 0.776. The van der Waals surface area contributed by atoms with E-state index in [1.807, 2.05) is 32.9 Å². The second-order valence-corrected chi connectivity index (χ2v) is 7.68. The zero-order chi connectivity index (χ0) is 18.4. The van der Waals surface area contributed by atoms with Crippen molar-refractivity contribution in [2.75, 3.05) is 0 Å². The summed E-state index contributed by atoms with van der Waals surface area (Å²) in [7, 11) is 0. The maximum atomic E-state index is 11.6. The van der Waals surface area contributed by atoms with Crippen LogP contribution in [0, 0.1) is 5.41 Å². The number of hydrogen-bond donors (Lipinski definition) is 2. The lowest BCUT2D eigenvalue weighted by Gasteiger charge is -2.29. The van der Waals surface area contributed by atoms with Gasteiger partial charge in [-0.1, -0.05) is 39.7 Å². The van der Waals surface area contributed by atoms with Gasteiger partial charge in [0.1, 0.15) is 5.60 Å². The molecule has 0 aliphatic heterocycles. The number of amides is 1. The van der Waals surface area contributed by atoms with Crippen LogP contribution in [0.2, 0.25) is 0 Å². The SMILES string of the molecule is CCC(C)(CC)CC(O)c1ccc(CNC(=O)OC(C)(C)C)cn1. The van der Waals surface area contributed by atoms with Gasteiger partial charge in [0.25, 0.3) is 0 Å². The largest absolute Gasteiger partial charge is 0.444 e. The minimum atomic E-state index is -0.567. The molecule has 24 heavy (non-hydrogen) atoms. The molecule has 5 nitrogen and oxygen atoms in total. The van der Waals surface area contributed by atoms with Crippen molar-refractivity contribution >= 4 is 6.09 Å². The first-order valence-electron chi connectivity index (χ1n) is 8.68. The number of nitrogens with one attached hydrogen (secondary N) is 1. The Morgan fingerprint density at radius 2 is 1.88 bits per heavy atom. The highest BCUT2D eigenvalue weighted by molar-refractivity contribution is 5.67. The number of aromatic nitrogens is 1. The summed E-state index contributed by atoms with van der Waals surface area (Å²) < 4.78 is 5.19. The first-order valence-corrected chi connectivity index (χ1v) is 8.68. The van der Waals surface area contributed by atoms with E-state index in [0.29, 0.717) is 18.7 Å². The lowest BCUT2D eigenvalue weighted by Crippen LogP contribution is -2.32. The van der Waals surface area contributed by atoms with E-state index < -0.39 is 17.8 Å². The van der Waals surface area contributed by atoms with Crippen molar-refractivity contribution in [3.63, 3.8) is 0 Å². The number of hydrogen-bond acceptors (Lipinski definition) is 4. The number of carbonyl (C=O) groups excluding carboxylic acids is 1. The fourth-order valence-electron chi connectivity index (χ4n) is 2.34. The van der Waals surface area contributed by atoms with Crippen molar-refractivity contribution in [2.45, 2.75) is 79.1 Å². The van der Waals surface area contributed by atoms with Gasteiger partial charge >= 0.3 is 6.09 Å². The molecule has 1 amide bonds. The summed E-state index contributed by atoms with van der Waals surface area (Å²) >= 11 is 0. The fourth-order valence-corrected chi connectivity index (χ4v) is 2.34. The summed E-state index contributed by atoms with van der Waals surface area (Å²) in [5, 5.41) is 13.1. The number of rotatable bonds is 7. The minimum absolute atomic E-state index is 0.123. The molecule has 0 bridgehead atoms. The van der Waals surface area contributed by atoms with Gasteiger partial charge in [0.15, 0.2) is 0 Å². The molecule has 1 atom stereocenters. The molecule has 0 saturated heterocycles. The van der Waals surface area contributed by atoms with Crippen LogP contribution in [0.25, 0.3) is 0 Å². The van der Waals surface area contributed by atoms with Crippen LogP contribution in [0.15, 0.2) is 18.3 Å². The van der Waals surface area contributed by atoms with E-state index >= 15 is 0 Å². The lowest BCUT2D eigenvalue weighted by atomic mass is 9.79. The van der Waals surface area contributed by atoms with Crippen LogP contribution in [0.4, 0.5) is 4.79 Å². The van der Waals surface area contributed by atoms with Crippen LogP contribution in [-0.2, 0) is 11.3 Å². The van der Waals surface area contributed by atoms with Gasteiger partial charge in [-0.25, -0.2) is 4.79 Å². The smallest absolute Gasteiger partial charge is 0.407 e. The molecule has 5 heteroatoms. The Labute approximate surface area is 145 Å². The number of pyridine rings is 1. The number of aliphatic hydroxyl groups is 1. The highest BCUT2D eigenvalue weighted by Gasteiger charge is 2.25. The Morgan fingerprint density at radius 1 is 1.25 bits per heavy atom. The van der Waals surface area contributed by atoms with Crippen molar-refractivity contribution in [1.82, 2.24) is 10.3 Å². The van der Waals surface area contributed by atoms with Gasteiger partial charge in [0, 0.05) is 12.7 Å². The van der Waals surface area contributed by atoms with Crippen molar-refractivity contribution in [3.05, 3.63) is 29.6 Å². The standard InChI is InChI=1S/C19H32N2O3/c1-7-19(6,8-2)11-16(22)15-10-9-14(12-20-15)13-21-17(23)24-18(3,4)5/h9-10,12,16,22H,7-8,11,13H2,1-6H3,(H,21,23). The molecule has 0 spiro atoms. The minimum Gasteiger partial charge on any atom is -0.444 e. The molecule has 0 aliphatic rings. The molecule has 0 saturated carbocycles. The molecule has 1 unspecified atom stereocenters. The average molecular weight is 336 g/mol. The van der Waals surface area contributed by atoms with Crippen molar-refractivity contribution < 1.29 is 14.6 Å². The zero-order valence-corrected chi connectivity index (χ0v) is 15.8. The van der Waals surface area contributed by atoms with Crippen LogP contribution < -0.4 is 5.32 Å². The van der Waals surface area contributed by atoms with Gasteiger partial charge in [-0.2, -0.15) is 0 Å². The van der Waals surface area contributed by atoms with E-state index in [-0.39, 0.29) is 5.41 Å². The molecule has 0 fully saturated rings.